The molecule has 0 atom stereocenters. The van der Waals surface area contributed by atoms with Crippen LogP contribution in [-0.2, 0) is 0 Å². The van der Waals surface area contributed by atoms with Gasteiger partial charge >= 0.3 is 11.6 Å². The molecule has 3 heterocycles. The molecule has 12 nitrogen and oxygen atoms in total. The van der Waals surface area contributed by atoms with Gasteiger partial charge in [0.15, 0.2) is 22.4 Å². The van der Waals surface area contributed by atoms with Crippen LogP contribution in [0.25, 0.3) is 97.1 Å². The Morgan fingerprint density at radius 3 is 1.47 bits per heavy atom. The Labute approximate surface area is 327 Å². The summed E-state index contributed by atoms with van der Waals surface area (Å²) < 4.78 is 0. The van der Waals surface area contributed by atoms with Gasteiger partial charge in [-0.25, -0.2) is 30.2 Å². The van der Waals surface area contributed by atoms with Crippen molar-refractivity contribution in [2.24, 2.45) is 0 Å². The molecule has 0 amide bonds. The second kappa shape index (κ2) is 12.7. The number of para-hydroxylation sites is 2. The predicted octanol–water partition coefficient (Wildman–Crippen LogP) is 10.2. The normalized spacial score (nSPS) is 13.2. The highest BCUT2D eigenvalue weighted by atomic mass is 32.1. The van der Waals surface area contributed by atoms with Crippen LogP contribution in [0, 0.1) is 71.6 Å². The number of thiophene rings is 1. The third-order valence-corrected chi connectivity index (χ3v) is 11.0. The lowest BCUT2D eigenvalue weighted by Gasteiger charge is -2.10. The standard InChI is InChI=1S/C44H12N12S/c1-49-31(17-45)35-27-15-21(23-7-6-10-30-39(23)54-34(20-48)43(51-3)55-30)11-13-25(27)37-38-26-14-12-22(16-28(26)36(32(18-46)50-2)42(38)57-41(35)37)24-8-5-9-29-40(24)56-44(52-4)33(19-47)53-29/h5-16H/b35-31+,36-32-. The van der Waals surface area contributed by atoms with Gasteiger partial charge in [-0.05, 0) is 63.7 Å². The Bertz CT molecular complexity index is 3250. The average molecular weight is 741 g/mol. The van der Waals surface area contributed by atoms with Gasteiger partial charge < -0.3 is 9.69 Å². The first-order chi connectivity index (χ1) is 27.9. The summed E-state index contributed by atoms with van der Waals surface area (Å²) in [7, 11) is 0. The minimum atomic E-state index is -0.125. The van der Waals surface area contributed by atoms with E-state index in [0.29, 0.717) is 76.3 Å². The van der Waals surface area contributed by atoms with Crippen molar-refractivity contribution < 1.29 is 0 Å². The minimum Gasteiger partial charge on any atom is -0.358 e. The SMILES string of the molecule is [C-]#[N+]/C(C#N)=C1/c2cc(-c3cccc4nc(C#N)c([N+]#[C-])nc34)ccc2-c2c1sc1c2-c2ccc(-c3cccc4nc([N+]#[C-])c(C#N)nc34)cc2/C1=C(/C#N)[N+]#[C-]. The van der Waals surface area contributed by atoms with Crippen molar-refractivity contribution in [2.45, 2.75) is 0 Å². The van der Waals surface area contributed by atoms with Crippen molar-refractivity contribution >= 4 is 56.2 Å². The molecule has 0 N–H and O–H groups in total. The van der Waals surface area contributed by atoms with Gasteiger partial charge in [-0.1, -0.05) is 55.6 Å². The van der Waals surface area contributed by atoms with E-state index in [2.05, 4.69) is 51.5 Å². The predicted molar refractivity (Wildman–Crippen MR) is 211 cm³/mol. The quantitative estimate of drug-likeness (QED) is 0.125. The lowest BCUT2D eigenvalue weighted by atomic mass is 9.93. The Morgan fingerprint density at radius 1 is 0.526 bits per heavy atom. The molecule has 9 rings (SSSR count). The molecule has 0 radical (unpaired) electrons. The molecule has 4 aromatic carbocycles. The summed E-state index contributed by atoms with van der Waals surface area (Å²) in [4.78, 5) is 33.0. The van der Waals surface area contributed by atoms with Gasteiger partial charge in [0.05, 0.1) is 25.3 Å². The summed E-state index contributed by atoms with van der Waals surface area (Å²) in [5, 5.41) is 39.7. The molecule has 0 bridgehead atoms. The van der Waals surface area contributed by atoms with Crippen LogP contribution in [0.15, 0.2) is 84.2 Å². The lowest BCUT2D eigenvalue weighted by Crippen LogP contribution is -1.93. The third kappa shape index (κ3) is 4.70. The Morgan fingerprint density at radius 2 is 1.00 bits per heavy atom. The average Bonchev–Trinajstić information content (AvgIpc) is 3.88. The summed E-state index contributed by atoms with van der Waals surface area (Å²) in [6.45, 7) is 30.9. The van der Waals surface area contributed by atoms with Crippen molar-refractivity contribution in [3.8, 4) is 68.8 Å². The summed E-state index contributed by atoms with van der Waals surface area (Å²) in [5.41, 5.74) is 9.10. The van der Waals surface area contributed by atoms with Gasteiger partial charge in [0.2, 0.25) is 0 Å². The zero-order chi connectivity index (χ0) is 39.5. The smallest absolute Gasteiger partial charge is 0.307 e. The summed E-state index contributed by atoms with van der Waals surface area (Å²) in [6, 6.07) is 30.0. The van der Waals surface area contributed by atoms with Crippen molar-refractivity contribution in [3.05, 3.63) is 162 Å². The van der Waals surface area contributed by atoms with Crippen molar-refractivity contribution in [1.29, 1.82) is 21.0 Å². The Balaban J connectivity index is 1.29. The summed E-state index contributed by atoms with van der Waals surface area (Å²) in [6.07, 6.45) is 0. The lowest BCUT2D eigenvalue weighted by molar-refractivity contribution is 1.26. The van der Waals surface area contributed by atoms with Crippen LogP contribution in [0.1, 0.15) is 32.3 Å². The fourth-order valence-electron chi connectivity index (χ4n) is 7.47. The molecule has 3 aromatic heterocycles. The van der Waals surface area contributed by atoms with E-state index in [0.717, 1.165) is 22.3 Å². The van der Waals surface area contributed by atoms with Gasteiger partial charge in [0.1, 0.15) is 23.2 Å². The fraction of sp³-hybridized carbons (Fsp3) is 0. The number of fused-ring (bicyclic) bond motifs is 9. The highest BCUT2D eigenvalue weighted by Gasteiger charge is 2.39. The number of hydrogen-bond donors (Lipinski definition) is 0. The van der Waals surface area contributed by atoms with E-state index in [1.165, 1.54) is 11.3 Å². The van der Waals surface area contributed by atoms with E-state index in [9.17, 15) is 21.0 Å². The molecule has 13 heteroatoms. The third-order valence-electron chi connectivity index (χ3n) is 9.79. The highest BCUT2D eigenvalue weighted by molar-refractivity contribution is 7.16. The molecule has 2 aliphatic carbocycles. The number of benzene rings is 4. The number of rotatable bonds is 2. The molecule has 0 unspecified atom stereocenters. The Hall–Kier alpha value is -9.34. The Kier molecular flexibility index (Phi) is 7.44. The largest absolute Gasteiger partial charge is 0.358 e. The molecule has 57 heavy (non-hydrogen) atoms. The van der Waals surface area contributed by atoms with Crippen LogP contribution < -0.4 is 0 Å². The number of nitrogens with zero attached hydrogens (tertiary/aromatic N) is 12. The number of hydrogen-bond acceptors (Lipinski definition) is 9. The first-order valence-corrected chi connectivity index (χ1v) is 17.4. The van der Waals surface area contributed by atoms with Crippen LogP contribution in [-0.4, -0.2) is 19.9 Å². The van der Waals surface area contributed by atoms with Crippen LogP contribution in [0.2, 0.25) is 0 Å². The van der Waals surface area contributed by atoms with E-state index < -0.39 is 0 Å². The zero-order valence-corrected chi connectivity index (χ0v) is 29.5. The number of allylic oxidation sites excluding steroid dienone is 2. The van der Waals surface area contributed by atoms with Gasteiger partial charge in [0, 0.05) is 43.2 Å². The number of nitriles is 4. The van der Waals surface area contributed by atoms with Crippen LogP contribution in [0.4, 0.5) is 11.6 Å². The molecular formula is C44H12N12S. The maximum absolute atomic E-state index is 10.2. The molecule has 2 aliphatic rings. The maximum atomic E-state index is 10.2. The van der Waals surface area contributed by atoms with E-state index >= 15 is 0 Å². The van der Waals surface area contributed by atoms with Crippen molar-refractivity contribution in [1.82, 2.24) is 19.9 Å². The molecule has 0 saturated heterocycles. The first-order valence-electron chi connectivity index (χ1n) is 16.6. The fourth-order valence-corrected chi connectivity index (χ4v) is 8.92. The zero-order valence-electron chi connectivity index (χ0n) is 28.7. The molecule has 7 aromatic rings. The molecule has 0 fully saturated rings. The van der Waals surface area contributed by atoms with E-state index in [4.69, 9.17) is 26.3 Å². The van der Waals surface area contributed by atoms with Gasteiger partial charge in [-0.3, -0.25) is 0 Å². The summed E-state index contributed by atoms with van der Waals surface area (Å²) in [5.74, 6) is -0.212. The molecule has 0 spiro atoms. The minimum absolute atomic E-state index is 0.0736. The molecule has 0 aliphatic heterocycles. The van der Waals surface area contributed by atoms with Crippen LogP contribution in [0.5, 0.6) is 0 Å². The van der Waals surface area contributed by atoms with Gasteiger partial charge in [-0.2, -0.15) is 10.5 Å². The molecule has 0 saturated carbocycles. The van der Waals surface area contributed by atoms with Crippen LogP contribution >= 0.6 is 11.3 Å². The monoisotopic (exact) mass is 740 g/mol. The second-order valence-corrected chi connectivity index (χ2v) is 13.5. The number of aromatic nitrogens is 4. The molecular weight excluding hydrogens is 729 g/mol. The van der Waals surface area contributed by atoms with E-state index in [-0.39, 0.29) is 34.4 Å². The van der Waals surface area contributed by atoms with Crippen molar-refractivity contribution in [3.63, 3.8) is 0 Å². The van der Waals surface area contributed by atoms with E-state index in [1.54, 1.807) is 24.3 Å². The second-order valence-electron chi connectivity index (χ2n) is 12.5. The maximum Gasteiger partial charge on any atom is 0.307 e. The molecule has 254 valence electrons. The highest BCUT2D eigenvalue weighted by Crippen LogP contribution is 2.62. The van der Waals surface area contributed by atoms with E-state index in [1.807, 2.05) is 60.7 Å². The van der Waals surface area contributed by atoms with Crippen LogP contribution in [0.3, 0.4) is 0 Å². The van der Waals surface area contributed by atoms with Crippen molar-refractivity contribution in [2.75, 3.05) is 0 Å². The van der Waals surface area contributed by atoms with Gasteiger partial charge in [-0.15, -0.1) is 21.3 Å². The first kappa shape index (κ1) is 33.5. The van der Waals surface area contributed by atoms with Gasteiger partial charge in [0.25, 0.3) is 11.4 Å². The summed E-state index contributed by atoms with van der Waals surface area (Å²) >= 11 is 1.31. The topological polar surface area (TPSA) is 164 Å².